The van der Waals surface area contributed by atoms with Gasteiger partial charge in [0.25, 0.3) is 0 Å². The summed E-state index contributed by atoms with van der Waals surface area (Å²) in [7, 11) is 0. The molecule has 4 nitrogen and oxygen atoms in total. The third-order valence-electron chi connectivity index (χ3n) is 3.60. The van der Waals surface area contributed by atoms with Gasteiger partial charge in [-0.3, -0.25) is 0 Å². The fourth-order valence-electron chi connectivity index (χ4n) is 2.54. The summed E-state index contributed by atoms with van der Waals surface area (Å²) >= 11 is 1.96. The highest BCUT2D eigenvalue weighted by atomic mass is 32.2. The molecule has 2 aliphatic rings. The van der Waals surface area contributed by atoms with Crippen molar-refractivity contribution in [2.75, 3.05) is 25.5 Å². The van der Waals surface area contributed by atoms with E-state index in [0.29, 0.717) is 6.04 Å². The van der Waals surface area contributed by atoms with Crippen LogP contribution in [-0.2, 0) is 4.74 Å². The fourth-order valence-corrected chi connectivity index (χ4v) is 3.62. The maximum Gasteiger partial charge on any atom is 0.315 e. The summed E-state index contributed by atoms with van der Waals surface area (Å²) in [6.07, 6.45) is 7.10. The molecule has 0 aromatic heterocycles. The molecule has 2 N–H and O–H groups in total. The van der Waals surface area contributed by atoms with E-state index in [0.717, 1.165) is 56.4 Å². The smallest absolute Gasteiger partial charge is 0.315 e. The van der Waals surface area contributed by atoms with E-state index in [9.17, 15) is 4.79 Å². The van der Waals surface area contributed by atoms with Crippen LogP contribution in [0.3, 0.4) is 0 Å². The van der Waals surface area contributed by atoms with Crippen LogP contribution in [-0.4, -0.2) is 42.8 Å². The molecule has 0 bridgehead atoms. The highest BCUT2D eigenvalue weighted by Gasteiger charge is 2.17. The lowest BCUT2D eigenvalue weighted by molar-refractivity contribution is 0.100. The highest BCUT2D eigenvalue weighted by Crippen LogP contribution is 2.21. The van der Waals surface area contributed by atoms with E-state index in [1.165, 1.54) is 12.8 Å². The first-order valence-corrected chi connectivity index (χ1v) is 8.13. The number of hydrogen-bond acceptors (Lipinski definition) is 3. The Morgan fingerprint density at radius 3 is 2.61 bits per heavy atom. The Kier molecular flexibility index (Phi) is 6.14. The standard InChI is InChI=1S/C13H24N2O2S/c16-13(15-11-3-1-2-4-11)14-7-10-18-12-5-8-17-9-6-12/h11-12H,1-10H2,(H2,14,15,16). The summed E-state index contributed by atoms with van der Waals surface area (Å²) in [4.78, 5) is 11.6. The lowest BCUT2D eigenvalue weighted by atomic mass is 10.2. The van der Waals surface area contributed by atoms with E-state index in [1.54, 1.807) is 0 Å². The summed E-state index contributed by atoms with van der Waals surface area (Å²) in [5.74, 6) is 1.00. The van der Waals surface area contributed by atoms with Gasteiger partial charge in [-0.2, -0.15) is 11.8 Å². The third-order valence-corrected chi connectivity index (χ3v) is 4.98. The van der Waals surface area contributed by atoms with Crippen molar-refractivity contribution in [3.05, 3.63) is 0 Å². The van der Waals surface area contributed by atoms with Crippen molar-refractivity contribution >= 4 is 17.8 Å². The average molecular weight is 272 g/mol. The molecule has 1 saturated heterocycles. The molecule has 1 heterocycles. The van der Waals surface area contributed by atoms with Crippen LogP contribution in [0.2, 0.25) is 0 Å². The maximum atomic E-state index is 11.6. The molecule has 18 heavy (non-hydrogen) atoms. The van der Waals surface area contributed by atoms with E-state index < -0.39 is 0 Å². The number of amides is 2. The molecular weight excluding hydrogens is 248 g/mol. The summed E-state index contributed by atoms with van der Waals surface area (Å²) in [5, 5.41) is 6.71. The van der Waals surface area contributed by atoms with Gasteiger partial charge in [0.2, 0.25) is 0 Å². The molecule has 1 saturated carbocycles. The minimum absolute atomic E-state index is 0.00878. The van der Waals surface area contributed by atoms with E-state index in [4.69, 9.17) is 4.74 Å². The van der Waals surface area contributed by atoms with Gasteiger partial charge in [0, 0.05) is 36.8 Å². The number of rotatable bonds is 5. The van der Waals surface area contributed by atoms with Crippen LogP contribution in [0.15, 0.2) is 0 Å². The summed E-state index contributed by atoms with van der Waals surface area (Å²) in [6.45, 7) is 2.56. The van der Waals surface area contributed by atoms with Crippen molar-refractivity contribution in [2.45, 2.75) is 49.8 Å². The molecule has 0 unspecified atom stereocenters. The van der Waals surface area contributed by atoms with Crippen LogP contribution < -0.4 is 10.6 Å². The maximum absolute atomic E-state index is 11.6. The molecule has 0 aromatic carbocycles. The minimum atomic E-state index is 0.00878. The second-order valence-electron chi connectivity index (χ2n) is 5.06. The molecule has 104 valence electrons. The molecule has 1 aliphatic heterocycles. The van der Waals surface area contributed by atoms with Gasteiger partial charge >= 0.3 is 6.03 Å². The molecule has 2 amide bonds. The van der Waals surface area contributed by atoms with Crippen LogP contribution in [0.5, 0.6) is 0 Å². The Hall–Kier alpha value is -0.420. The van der Waals surface area contributed by atoms with Crippen LogP contribution in [0.4, 0.5) is 4.79 Å². The first-order chi connectivity index (χ1) is 8.84. The number of carbonyl (C=O) groups excluding carboxylic acids is 1. The predicted octanol–water partition coefficient (Wildman–Crippen LogP) is 2.14. The third kappa shape index (κ3) is 5.06. The second-order valence-corrected chi connectivity index (χ2v) is 6.47. The highest BCUT2D eigenvalue weighted by molar-refractivity contribution is 7.99. The van der Waals surface area contributed by atoms with Crippen molar-refractivity contribution in [2.24, 2.45) is 0 Å². The van der Waals surface area contributed by atoms with E-state index in [-0.39, 0.29) is 6.03 Å². The van der Waals surface area contributed by atoms with Gasteiger partial charge in [-0.05, 0) is 25.7 Å². The van der Waals surface area contributed by atoms with Gasteiger partial charge < -0.3 is 15.4 Å². The average Bonchev–Trinajstić information content (AvgIpc) is 2.89. The van der Waals surface area contributed by atoms with Crippen LogP contribution in [0.1, 0.15) is 38.5 Å². The quantitative estimate of drug-likeness (QED) is 0.754. The lowest BCUT2D eigenvalue weighted by Gasteiger charge is -2.21. The topological polar surface area (TPSA) is 50.4 Å². The SMILES string of the molecule is O=C(NCCSC1CCOCC1)NC1CCCC1. The summed E-state index contributed by atoms with van der Waals surface area (Å²) in [6, 6.07) is 0.419. The van der Waals surface area contributed by atoms with Crippen LogP contribution >= 0.6 is 11.8 Å². The number of ether oxygens (including phenoxy) is 1. The van der Waals surface area contributed by atoms with Crippen molar-refractivity contribution < 1.29 is 9.53 Å². The Morgan fingerprint density at radius 2 is 1.89 bits per heavy atom. The molecule has 1 aliphatic carbocycles. The number of nitrogens with one attached hydrogen (secondary N) is 2. The molecule has 0 aromatic rings. The molecular formula is C13H24N2O2S. The Morgan fingerprint density at radius 1 is 1.17 bits per heavy atom. The predicted molar refractivity (Wildman–Crippen MR) is 75.1 cm³/mol. The first-order valence-electron chi connectivity index (χ1n) is 7.08. The number of hydrogen-bond donors (Lipinski definition) is 2. The monoisotopic (exact) mass is 272 g/mol. The van der Waals surface area contributed by atoms with Crippen molar-refractivity contribution in [3.63, 3.8) is 0 Å². The van der Waals surface area contributed by atoms with Gasteiger partial charge in [-0.15, -0.1) is 0 Å². The van der Waals surface area contributed by atoms with Crippen LogP contribution in [0, 0.1) is 0 Å². The van der Waals surface area contributed by atoms with E-state index >= 15 is 0 Å². The molecule has 0 radical (unpaired) electrons. The Balaban J connectivity index is 1.47. The van der Waals surface area contributed by atoms with E-state index in [2.05, 4.69) is 10.6 Å². The van der Waals surface area contributed by atoms with Crippen molar-refractivity contribution in [3.8, 4) is 0 Å². The molecule has 5 heteroatoms. The van der Waals surface area contributed by atoms with Gasteiger partial charge in [0.1, 0.15) is 0 Å². The van der Waals surface area contributed by atoms with Gasteiger partial charge in [0.05, 0.1) is 0 Å². The zero-order valence-electron chi connectivity index (χ0n) is 11.0. The largest absolute Gasteiger partial charge is 0.381 e. The van der Waals surface area contributed by atoms with Crippen LogP contribution in [0.25, 0.3) is 0 Å². The summed E-state index contributed by atoms with van der Waals surface area (Å²) < 4.78 is 5.33. The molecule has 0 spiro atoms. The van der Waals surface area contributed by atoms with Gasteiger partial charge in [-0.1, -0.05) is 12.8 Å². The Bertz CT molecular complexity index is 251. The van der Waals surface area contributed by atoms with Crippen molar-refractivity contribution in [1.82, 2.24) is 10.6 Å². The Labute approximate surface area is 114 Å². The molecule has 2 fully saturated rings. The minimum Gasteiger partial charge on any atom is -0.381 e. The first kappa shape index (κ1) is 14.0. The lowest BCUT2D eigenvalue weighted by Crippen LogP contribution is -2.41. The second kappa shape index (κ2) is 7.89. The van der Waals surface area contributed by atoms with Crippen molar-refractivity contribution in [1.29, 1.82) is 0 Å². The normalized spacial score (nSPS) is 22.0. The number of thioether (sulfide) groups is 1. The number of carbonyl (C=O) groups is 1. The van der Waals surface area contributed by atoms with Gasteiger partial charge in [0.15, 0.2) is 0 Å². The zero-order chi connectivity index (χ0) is 12.6. The number of urea groups is 1. The zero-order valence-corrected chi connectivity index (χ0v) is 11.8. The fraction of sp³-hybridized carbons (Fsp3) is 0.923. The molecule has 0 atom stereocenters. The van der Waals surface area contributed by atoms with Gasteiger partial charge in [-0.25, -0.2) is 4.79 Å². The summed E-state index contributed by atoms with van der Waals surface area (Å²) in [5.41, 5.74) is 0. The molecule has 2 rings (SSSR count). The van der Waals surface area contributed by atoms with E-state index in [1.807, 2.05) is 11.8 Å².